The minimum absolute atomic E-state index is 0.0163. The van der Waals surface area contributed by atoms with Crippen LogP contribution in [0.15, 0.2) is 0 Å². The van der Waals surface area contributed by atoms with E-state index in [1.807, 2.05) is 13.8 Å². The summed E-state index contributed by atoms with van der Waals surface area (Å²) in [6, 6.07) is 0. The van der Waals surface area contributed by atoms with Crippen molar-refractivity contribution >= 4 is 23.4 Å². The largest absolute Gasteiger partial charge is 0.481 e. The average Bonchev–Trinajstić information content (AvgIpc) is 2.93. The summed E-state index contributed by atoms with van der Waals surface area (Å²) in [4.78, 5) is 25.4. The molecule has 1 fully saturated rings. The van der Waals surface area contributed by atoms with Gasteiger partial charge in [-0.15, -0.1) is 5.10 Å². The normalized spacial score (nSPS) is 23.3. The molecule has 18 heavy (non-hydrogen) atoms. The van der Waals surface area contributed by atoms with Crippen molar-refractivity contribution in [3.8, 4) is 0 Å². The number of hydrogen-bond acceptors (Lipinski definition) is 5. The molecule has 1 aromatic heterocycles. The molecule has 7 heteroatoms. The Labute approximate surface area is 109 Å². The standard InChI is InChI=1S/C11H15N3O3S/c1-3-8-9(18-13-12-8)10(15)14-4-6(2)7(5-14)11(16)17/h6-7H,3-5H2,1-2H3,(H,16,17). The molecule has 1 saturated heterocycles. The number of rotatable bonds is 3. The predicted molar refractivity (Wildman–Crippen MR) is 65.5 cm³/mol. The molecular formula is C11H15N3O3S. The minimum atomic E-state index is -0.837. The maximum Gasteiger partial charge on any atom is 0.308 e. The topological polar surface area (TPSA) is 83.4 Å². The molecule has 1 aliphatic rings. The zero-order chi connectivity index (χ0) is 13.3. The molecule has 0 saturated carbocycles. The number of hydrogen-bond donors (Lipinski definition) is 1. The highest BCUT2D eigenvalue weighted by molar-refractivity contribution is 7.08. The predicted octanol–water partition coefficient (Wildman–Crippen LogP) is 0.893. The lowest BCUT2D eigenvalue weighted by atomic mass is 9.99. The number of aryl methyl sites for hydroxylation is 1. The Balaban J connectivity index is 2.14. The molecule has 1 N–H and O–H groups in total. The molecule has 2 heterocycles. The molecule has 1 aliphatic heterocycles. The van der Waals surface area contributed by atoms with Gasteiger partial charge >= 0.3 is 5.97 Å². The molecule has 0 aliphatic carbocycles. The van der Waals surface area contributed by atoms with Gasteiger partial charge < -0.3 is 10.0 Å². The number of nitrogens with zero attached hydrogens (tertiary/aromatic N) is 3. The van der Waals surface area contributed by atoms with Crippen LogP contribution in [0.1, 0.15) is 29.2 Å². The zero-order valence-electron chi connectivity index (χ0n) is 10.3. The maximum absolute atomic E-state index is 12.3. The van der Waals surface area contributed by atoms with Crippen LogP contribution < -0.4 is 0 Å². The third kappa shape index (κ3) is 2.22. The van der Waals surface area contributed by atoms with Crippen molar-refractivity contribution in [3.63, 3.8) is 0 Å². The van der Waals surface area contributed by atoms with Crippen molar-refractivity contribution in [2.45, 2.75) is 20.3 Å². The number of carboxylic acids is 1. The first kappa shape index (κ1) is 12.9. The lowest BCUT2D eigenvalue weighted by Crippen LogP contribution is -2.30. The van der Waals surface area contributed by atoms with Crippen molar-refractivity contribution in [1.82, 2.24) is 14.5 Å². The summed E-state index contributed by atoms with van der Waals surface area (Å²) in [6.45, 7) is 4.53. The minimum Gasteiger partial charge on any atom is -0.481 e. The molecule has 6 nitrogen and oxygen atoms in total. The molecule has 0 radical (unpaired) electrons. The number of carboxylic acid groups (broad SMARTS) is 1. The first-order valence-electron chi connectivity index (χ1n) is 5.87. The third-order valence-corrected chi connectivity index (χ3v) is 4.06. The van der Waals surface area contributed by atoms with Crippen LogP contribution in [-0.2, 0) is 11.2 Å². The van der Waals surface area contributed by atoms with Gasteiger partial charge in [-0.3, -0.25) is 9.59 Å². The van der Waals surface area contributed by atoms with Gasteiger partial charge in [0.05, 0.1) is 11.6 Å². The van der Waals surface area contributed by atoms with Gasteiger partial charge in [0.15, 0.2) is 0 Å². The Kier molecular flexibility index (Phi) is 3.60. The number of carbonyl (C=O) groups excluding carboxylic acids is 1. The van der Waals surface area contributed by atoms with E-state index >= 15 is 0 Å². The van der Waals surface area contributed by atoms with E-state index in [0.29, 0.717) is 23.5 Å². The monoisotopic (exact) mass is 269 g/mol. The van der Waals surface area contributed by atoms with Crippen LogP contribution in [0.25, 0.3) is 0 Å². The highest BCUT2D eigenvalue weighted by Crippen LogP contribution is 2.26. The Bertz CT molecular complexity index is 474. The first-order valence-corrected chi connectivity index (χ1v) is 6.65. The van der Waals surface area contributed by atoms with E-state index in [4.69, 9.17) is 5.11 Å². The van der Waals surface area contributed by atoms with E-state index in [9.17, 15) is 9.59 Å². The Morgan fingerprint density at radius 2 is 2.22 bits per heavy atom. The number of likely N-dealkylation sites (tertiary alicyclic amines) is 1. The highest BCUT2D eigenvalue weighted by atomic mass is 32.1. The van der Waals surface area contributed by atoms with Crippen LogP contribution >= 0.6 is 11.5 Å². The van der Waals surface area contributed by atoms with E-state index in [0.717, 1.165) is 11.5 Å². The van der Waals surface area contributed by atoms with Crippen molar-refractivity contribution in [3.05, 3.63) is 10.6 Å². The number of amides is 1. The van der Waals surface area contributed by atoms with Crippen LogP contribution in [-0.4, -0.2) is 44.6 Å². The van der Waals surface area contributed by atoms with Crippen molar-refractivity contribution in [2.75, 3.05) is 13.1 Å². The summed E-state index contributed by atoms with van der Waals surface area (Å²) >= 11 is 1.08. The SMILES string of the molecule is CCc1nnsc1C(=O)N1CC(C)C(C(=O)O)C1. The number of aromatic nitrogens is 2. The second-order valence-corrected chi connectivity index (χ2v) is 5.29. The van der Waals surface area contributed by atoms with E-state index in [-0.39, 0.29) is 18.4 Å². The fourth-order valence-corrected chi connectivity index (χ4v) is 2.92. The first-order chi connectivity index (χ1) is 8.54. The quantitative estimate of drug-likeness (QED) is 0.881. The fourth-order valence-electron chi connectivity index (χ4n) is 2.20. The van der Waals surface area contributed by atoms with E-state index in [2.05, 4.69) is 9.59 Å². The van der Waals surface area contributed by atoms with Gasteiger partial charge in [0.25, 0.3) is 5.91 Å². The smallest absolute Gasteiger partial charge is 0.308 e. The molecule has 2 rings (SSSR count). The van der Waals surface area contributed by atoms with Gasteiger partial charge in [0, 0.05) is 13.1 Å². The lowest BCUT2D eigenvalue weighted by molar-refractivity contribution is -0.142. The molecule has 1 aromatic rings. The third-order valence-electron chi connectivity index (χ3n) is 3.30. The Morgan fingerprint density at radius 1 is 1.50 bits per heavy atom. The molecule has 0 bridgehead atoms. The van der Waals surface area contributed by atoms with Crippen LogP contribution in [0.4, 0.5) is 0 Å². The van der Waals surface area contributed by atoms with Gasteiger partial charge in [-0.05, 0) is 23.9 Å². The van der Waals surface area contributed by atoms with Gasteiger partial charge in [-0.25, -0.2) is 0 Å². The highest BCUT2D eigenvalue weighted by Gasteiger charge is 2.38. The van der Waals surface area contributed by atoms with Crippen molar-refractivity contribution in [1.29, 1.82) is 0 Å². The summed E-state index contributed by atoms with van der Waals surface area (Å²) in [7, 11) is 0. The molecule has 0 aromatic carbocycles. The van der Waals surface area contributed by atoms with E-state index in [1.165, 1.54) is 0 Å². The Morgan fingerprint density at radius 3 is 2.78 bits per heavy atom. The molecule has 2 atom stereocenters. The van der Waals surface area contributed by atoms with Crippen molar-refractivity contribution in [2.24, 2.45) is 11.8 Å². The summed E-state index contributed by atoms with van der Waals surface area (Å²) < 4.78 is 3.79. The second-order valence-electron chi connectivity index (χ2n) is 4.53. The van der Waals surface area contributed by atoms with Crippen molar-refractivity contribution < 1.29 is 14.7 Å². The van der Waals surface area contributed by atoms with Gasteiger partial charge in [0.1, 0.15) is 4.88 Å². The average molecular weight is 269 g/mol. The molecule has 0 spiro atoms. The summed E-state index contributed by atoms with van der Waals surface area (Å²) in [5.41, 5.74) is 0.691. The molecule has 2 unspecified atom stereocenters. The summed E-state index contributed by atoms with van der Waals surface area (Å²) in [5, 5.41) is 13.0. The Hall–Kier alpha value is -1.50. The maximum atomic E-state index is 12.3. The fraction of sp³-hybridized carbons (Fsp3) is 0.636. The van der Waals surface area contributed by atoms with Crippen LogP contribution in [0.5, 0.6) is 0 Å². The van der Waals surface area contributed by atoms with E-state index in [1.54, 1.807) is 4.90 Å². The lowest BCUT2D eigenvalue weighted by Gasteiger charge is -2.14. The van der Waals surface area contributed by atoms with Gasteiger partial charge in [-0.1, -0.05) is 18.3 Å². The van der Waals surface area contributed by atoms with Crippen LogP contribution in [0.2, 0.25) is 0 Å². The summed E-state index contributed by atoms with van der Waals surface area (Å²) in [5.74, 6) is -1.47. The number of aliphatic carboxylic acids is 1. The molecular weight excluding hydrogens is 254 g/mol. The summed E-state index contributed by atoms with van der Waals surface area (Å²) in [6.07, 6.45) is 0.656. The van der Waals surface area contributed by atoms with E-state index < -0.39 is 11.9 Å². The van der Waals surface area contributed by atoms with Crippen LogP contribution in [0, 0.1) is 11.8 Å². The van der Waals surface area contributed by atoms with Gasteiger partial charge in [-0.2, -0.15) is 0 Å². The molecule has 1 amide bonds. The van der Waals surface area contributed by atoms with Crippen LogP contribution in [0.3, 0.4) is 0 Å². The molecule has 98 valence electrons. The second kappa shape index (κ2) is 5.01. The zero-order valence-corrected chi connectivity index (χ0v) is 11.1. The van der Waals surface area contributed by atoms with Gasteiger partial charge in [0.2, 0.25) is 0 Å². The number of carbonyl (C=O) groups is 2.